The summed E-state index contributed by atoms with van der Waals surface area (Å²) in [5.74, 6) is 2.84. The predicted octanol–water partition coefficient (Wildman–Crippen LogP) is 1.90. The Labute approximate surface area is 155 Å². The minimum absolute atomic E-state index is 0.304. The summed E-state index contributed by atoms with van der Waals surface area (Å²) in [4.78, 5) is 6.79. The summed E-state index contributed by atoms with van der Waals surface area (Å²) in [6, 6.07) is 3.87. The number of rotatable bonds is 5. The lowest BCUT2D eigenvalue weighted by Gasteiger charge is -2.25. The summed E-state index contributed by atoms with van der Waals surface area (Å²) >= 11 is 0. The van der Waals surface area contributed by atoms with E-state index in [2.05, 4.69) is 15.2 Å². The number of benzene rings is 1. The van der Waals surface area contributed by atoms with Crippen molar-refractivity contribution >= 4 is 5.96 Å². The lowest BCUT2D eigenvalue weighted by molar-refractivity contribution is 0.156. The molecular formula is C19H29N3O4. The van der Waals surface area contributed by atoms with Crippen molar-refractivity contribution in [1.82, 2.24) is 10.2 Å². The fraction of sp³-hybridized carbons (Fsp3) is 0.632. The number of methoxy groups -OCH3 is 3. The van der Waals surface area contributed by atoms with Crippen molar-refractivity contribution in [1.29, 1.82) is 0 Å². The molecule has 26 heavy (non-hydrogen) atoms. The van der Waals surface area contributed by atoms with Crippen LogP contribution in [0.1, 0.15) is 18.4 Å². The number of likely N-dealkylation sites (tertiary alicyclic amines) is 1. The van der Waals surface area contributed by atoms with Gasteiger partial charge in [-0.1, -0.05) is 0 Å². The maximum atomic E-state index is 5.62. The van der Waals surface area contributed by atoms with E-state index < -0.39 is 0 Å². The summed E-state index contributed by atoms with van der Waals surface area (Å²) in [5.41, 5.74) is 1.29. The molecule has 1 unspecified atom stereocenters. The molecule has 1 N–H and O–H groups in total. The molecule has 2 fully saturated rings. The van der Waals surface area contributed by atoms with Crippen molar-refractivity contribution in [3.05, 3.63) is 17.7 Å². The first kappa shape index (κ1) is 18.6. The van der Waals surface area contributed by atoms with Gasteiger partial charge in [0.2, 0.25) is 5.75 Å². The summed E-state index contributed by atoms with van der Waals surface area (Å²) in [5, 5.41) is 3.46. The van der Waals surface area contributed by atoms with E-state index in [-0.39, 0.29) is 0 Å². The number of hydrogen-bond donors (Lipinski definition) is 1. The molecule has 0 aliphatic carbocycles. The average Bonchev–Trinajstić information content (AvgIpc) is 3.31. The fourth-order valence-corrected chi connectivity index (χ4v) is 3.90. The molecule has 144 valence electrons. The Balaban J connectivity index is 1.69. The lowest BCUT2D eigenvalue weighted by atomic mass is 9.87. The highest BCUT2D eigenvalue weighted by atomic mass is 16.5. The third-order valence-electron chi connectivity index (χ3n) is 5.36. The van der Waals surface area contributed by atoms with Gasteiger partial charge in [0.25, 0.3) is 0 Å². The van der Waals surface area contributed by atoms with Crippen LogP contribution < -0.4 is 19.5 Å². The lowest BCUT2D eigenvalue weighted by Crippen LogP contribution is -2.41. The fourth-order valence-electron chi connectivity index (χ4n) is 3.90. The highest BCUT2D eigenvalue weighted by Gasteiger charge is 2.42. The monoisotopic (exact) mass is 363 g/mol. The van der Waals surface area contributed by atoms with Crippen LogP contribution in [-0.4, -0.2) is 65.5 Å². The van der Waals surface area contributed by atoms with E-state index in [4.69, 9.17) is 18.9 Å². The van der Waals surface area contributed by atoms with Crippen molar-refractivity contribution in [3.63, 3.8) is 0 Å². The van der Waals surface area contributed by atoms with Gasteiger partial charge in [-0.15, -0.1) is 0 Å². The molecule has 2 saturated heterocycles. The molecule has 7 nitrogen and oxygen atoms in total. The van der Waals surface area contributed by atoms with Crippen LogP contribution in [-0.2, 0) is 11.3 Å². The number of aliphatic imine (C=N–C) groups is 1. The second-order valence-corrected chi connectivity index (χ2v) is 6.87. The van der Waals surface area contributed by atoms with Crippen LogP contribution in [0.3, 0.4) is 0 Å². The van der Waals surface area contributed by atoms with Gasteiger partial charge in [-0.25, -0.2) is 0 Å². The van der Waals surface area contributed by atoms with Crippen molar-refractivity contribution in [2.24, 2.45) is 10.4 Å². The Morgan fingerprint density at radius 3 is 2.62 bits per heavy atom. The Hall–Kier alpha value is -2.15. The van der Waals surface area contributed by atoms with Gasteiger partial charge in [-0.05, 0) is 25.0 Å². The number of hydrogen-bond acceptors (Lipinski definition) is 5. The number of nitrogens with zero attached hydrogens (tertiary/aromatic N) is 2. The Bertz CT molecular complexity index is 656. The topological polar surface area (TPSA) is 64.6 Å². The molecule has 0 radical (unpaired) electrons. The van der Waals surface area contributed by atoms with E-state index >= 15 is 0 Å². The van der Waals surface area contributed by atoms with Crippen LogP contribution in [0.25, 0.3) is 0 Å². The third-order valence-corrected chi connectivity index (χ3v) is 5.36. The summed E-state index contributed by atoms with van der Waals surface area (Å²) in [7, 11) is 6.70. The van der Waals surface area contributed by atoms with E-state index in [1.165, 1.54) is 0 Å². The molecule has 0 saturated carbocycles. The van der Waals surface area contributed by atoms with Gasteiger partial charge in [0.05, 0.1) is 27.9 Å². The van der Waals surface area contributed by atoms with E-state index in [1.54, 1.807) is 21.3 Å². The van der Waals surface area contributed by atoms with Gasteiger partial charge in [0.1, 0.15) is 0 Å². The zero-order chi connectivity index (χ0) is 18.6. The first-order chi connectivity index (χ1) is 12.7. The van der Waals surface area contributed by atoms with E-state index in [1.807, 2.05) is 19.2 Å². The van der Waals surface area contributed by atoms with Gasteiger partial charge in [-0.2, -0.15) is 0 Å². The normalized spacial score (nSPS) is 22.8. The van der Waals surface area contributed by atoms with Crippen LogP contribution in [0.2, 0.25) is 0 Å². The highest BCUT2D eigenvalue weighted by Crippen LogP contribution is 2.40. The maximum Gasteiger partial charge on any atom is 0.203 e. The smallest absolute Gasteiger partial charge is 0.203 e. The van der Waals surface area contributed by atoms with Crippen LogP contribution in [0.15, 0.2) is 17.1 Å². The standard InChI is InChI=1S/C19H29N3O4/c1-20-18(22-9-7-19(12-22)8-10-26-13-19)21-11-14-5-6-15(23-2)17(25-4)16(14)24-3/h5-6H,7-13H2,1-4H3,(H,20,21). The first-order valence-electron chi connectivity index (χ1n) is 8.97. The molecule has 3 rings (SSSR count). The minimum Gasteiger partial charge on any atom is -0.493 e. The molecular weight excluding hydrogens is 334 g/mol. The zero-order valence-electron chi connectivity index (χ0n) is 16.1. The third kappa shape index (κ3) is 3.53. The molecule has 1 atom stereocenters. The quantitative estimate of drug-likeness (QED) is 0.637. The predicted molar refractivity (Wildman–Crippen MR) is 100 cm³/mol. The van der Waals surface area contributed by atoms with Crippen LogP contribution >= 0.6 is 0 Å². The molecule has 2 heterocycles. The van der Waals surface area contributed by atoms with Crippen molar-refractivity contribution in [2.75, 3.05) is 54.7 Å². The highest BCUT2D eigenvalue weighted by molar-refractivity contribution is 5.80. The average molecular weight is 363 g/mol. The molecule has 1 aromatic carbocycles. The van der Waals surface area contributed by atoms with Crippen LogP contribution in [0.4, 0.5) is 0 Å². The van der Waals surface area contributed by atoms with Gasteiger partial charge < -0.3 is 29.2 Å². The summed E-state index contributed by atoms with van der Waals surface area (Å²) < 4.78 is 22.0. The van der Waals surface area contributed by atoms with Crippen molar-refractivity contribution in [3.8, 4) is 17.2 Å². The molecule has 0 bridgehead atoms. The van der Waals surface area contributed by atoms with Gasteiger partial charge in [0.15, 0.2) is 17.5 Å². The second-order valence-electron chi connectivity index (χ2n) is 6.87. The molecule has 0 amide bonds. The first-order valence-corrected chi connectivity index (χ1v) is 8.97. The van der Waals surface area contributed by atoms with Crippen LogP contribution in [0.5, 0.6) is 17.2 Å². The van der Waals surface area contributed by atoms with Crippen molar-refractivity contribution in [2.45, 2.75) is 19.4 Å². The molecule has 2 aliphatic heterocycles. The molecule has 1 spiro atoms. The molecule has 1 aromatic rings. The Kier molecular flexibility index (Phi) is 5.76. The van der Waals surface area contributed by atoms with Gasteiger partial charge in [-0.3, -0.25) is 4.99 Å². The Morgan fingerprint density at radius 1 is 1.19 bits per heavy atom. The van der Waals surface area contributed by atoms with E-state index in [0.717, 1.165) is 50.7 Å². The number of ether oxygens (including phenoxy) is 4. The summed E-state index contributed by atoms with van der Waals surface area (Å²) in [6.45, 7) is 4.34. The molecule has 2 aliphatic rings. The second kappa shape index (κ2) is 8.03. The van der Waals surface area contributed by atoms with Gasteiger partial charge in [0, 0.05) is 44.3 Å². The van der Waals surface area contributed by atoms with Crippen LogP contribution in [0, 0.1) is 5.41 Å². The number of guanidine groups is 1. The maximum absolute atomic E-state index is 5.62. The molecule has 0 aromatic heterocycles. The van der Waals surface area contributed by atoms with E-state index in [0.29, 0.717) is 29.2 Å². The molecule has 7 heteroatoms. The SMILES string of the molecule is CN=C(NCc1ccc(OC)c(OC)c1OC)N1CCC2(CCOC2)C1. The summed E-state index contributed by atoms with van der Waals surface area (Å²) in [6.07, 6.45) is 2.30. The zero-order valence-corrected chi connectivity index (χ0v) is 16.1. The Morgan fingerprint density at radius 2 is 2.00 bits per heavy atom. The minimum atomic E-state index is 0.304. The largest absolute Gasteiger partial charge is 0.493 e. The van der Waals surface area contributed by atoms with E-state index in [9.17, 15) is 0 Å². The number of nitrogens with one attached hydrogen (secondary N) is 1. The van der Waals surface area contributed by atoms with Crippen molar-refractivity contribution < 1.29 is 18.9 Å². The van der Waals surface area contributed by atoms with Gasteiger partial charge >= 0.3 is 0 Å².